The van der Waals surface area contributed by atoms with Gasteiger partial charge < -0.3 is 9.47 Å². The lowest BCUT2D eigenvalue weighted by Gasteiger charge is -2.09. The van der Waals surface area contributed by atoms with Crippen molar-refractivity contribution in [2.75, 3.05) is 7.11 Å². The highest BCUT2D eigenvalue weighted by molar-refractivity contribution is 5.79. The summed E-state index contributed by atoms with van der Waals surface area (Å²) in [6.07, 6.45) is 4.07. The summed E-state index contributed by atoms with van der Waals surface area (Å²) in [7, 11) is 1.49. The minimum atomic E-state index is 0.261. The second-order valence-electron chi connectivity index (χ2n) is 4.65. The number of pyridine rings is 2. The van der Waals surface area contributed by atoms with Crippen LogP contribution in [0.2, 0.25) is 0 Å². The summed E-state index contributed by atoms with van der Waals surface area (Å²) in [5, 5.41) is 8.17. The van der Waals surface area contributed by atoms with Crippen molar-refractivity contribution in [3.63, 3.8) is 0 Å². The fourth-order valence-corrected chi connectivity index (χ4v) is 2.12. The Morgan fingerprint density at radius 1 is 1.36 bits per heavy atom. The van der Waals surface area contributed by atoms with Crippen LogP contribution in [-0.2, 0) is 6.61 Å². The Morgan fingerprint density at radius 2 is 2.23 bits per heavy atom. The van der Waals surface area contributed by atoms with Crippen molar-refractivity contribution in [1.82, 2.24) is 19.6 Å². The second-order valence-corrected chi connectivity index (χ2v) is 4.65. The quantitative estimate of drug-likeness (QED) is 0.669. The van der Waals surface area contributed by atoms with Gasteiger partial charge in [0, 0.05) is 17.8 Å². The second kappa shape index (κ2) is 5.80. The van der Waals surface area contributed by atoms with Crippen molar-refractivity contribution >= 4 is 11.9 Å². The molecule has 3 aromatic heterocycles. The van der Waals surface area contributed by atoms with Gasteiger partial charge in [-0.1, -0.05) is 6.07 Å². The lowest BCUT2D eigenvalue weighted by atomic mass is 10.2. The maximum absolute atomic E-state index is 11.1. The third kappa shape index (κ3) is 2.48. The Bertz CT molecular complexity index is 829. The van der Waals surface area contributed by atoms with Gasteiger partial charge in [0.25, 0.3) is 0 Å². The number of aromatic nitrogens is 4. The summed E-state index contributed by atoms with van der Waals surface area (Å²) in [6.45, 7) is 2.14. The maximum Gasteiger partial charge on any atom is 0.213 e. The van der Waals surface area contributed by atoms with Gasteiger partial charge in [0.05, 0.1) is 18.9 Å². The molecule has 0 saturated heterocycles. The number of carbonyl (C=O) groups is 1. The van der Waals surface area contributed by atoms with Gasteiger partial charge in [-0.2, -0.15) is 0 Å². The summed E-state index contributed by atoms with van der Waals surface area (Å²) >= 11 is 0. The molecule has 3 rings (SSSR count). The van der Waals surface area contributed by atoms with Gasteiger partial charge >= 0.3 is 0 Å². The largest absolute Gasteiger partial charge is 0.486 e. The van der Waals surface area contributed by atoms with Crippen LogP contribution in [0.1, 0.15) is 21.7 Å². The Hall–Kier alpha value is -2.96. The van der Waals surface area contributed by atoms with Crippen LogP contribution in [0.5, 0.6) is 11.6 Å². The SMILES string of the molecule is COc1cc(C=O)c(OCc2cccn3c(C)nnc23)cn1. The molecule has 0 spiro atoms. The van der Waals surface area contributed by atoms with Crippen LogP contribution in [0, 0.1) is 6.92 Å². The van der Waals surface area contributed by atoms with Gasteiger partial charge in [-0.25, -0.2) is 4.98 Å². The predicted octanol–water partition coefficient (Wildman–Crippen LogP) is 1.83. The Balaban J connectivity index is 1.86. The Kier molecular flexibility index (Phi) is 3.69. The molecule has 7 heteroatoms. The van der Waals surface area contributed by atoms with E-state index in [4.69, 9.17) is 9.47 Å². The molecule has 7 nitrogen and oxygen atoms in total. The van der Waals surface area contributed by atoms with E-state index in [1.165, 1.54) is 19.4 Å². The van der Waals surface area contributed by atoms with Gasteiger partial charge in [-0.15, -0.1) is 10.2 Å². The molecule has 0 radical (unpaired) electrons. The van der Waals surface area contributed by atoms with Gasteiger partial charge in [0.15, 0.2) is 11.9 Å². The predicted molar refractivity (Wildman–Crippen MR) is 78.2 cm³/mol. The molecule has 0 aliphatic carbocycles. The van der Waals surface area contributed by atoms with E-state index in [-0.39, 0.29) is 6.61 Å². The number of ether oxygens (including phenoxy) is 2. The van der Waals surface area contributed by atoms with Crippen LogP contribution in [-0.4, -0.2) is 33.0 Å². The molecule has 3 heterocycles. The van der Waals surface area contributed by atoms with Gasteiger partial charge in [0.2, 0.25) is 5.88 Å². The van der Waals surface area contributed by atoms with E-state index < -0.39 is 0 Å². The van der Waals surface area contributed by atoms with Gasteiger partial charge in [-0.3, -0.25) is 9.20 Å². The smallest absolute Gasteiger partial charge is 0.213 e. The average Bonchev–Trinajstić information content (AvgIpc) is 2.94. The topological polar surface area (TPSA) is 78.6 Å². The number of hydrogen-bond acceptors (Lipinski definition) is 6. The molecule has 0 aliphatic heterocycles. The van der Waals surface area contributed by atoms with E-state index in [0.29, 0.717) is 23.5 Å². The van der Waals surface area contributed by atoms with Crippen LogP contribution in [0.3, 0.4) is 0 Å². The fraction of sp³-hybridized carbons (Fsp3) is 0.200. The highest BCUT2D eigenvalue weighted by atomic mass is 16.5. The van der Waals surface area contributed by atoms with Crippen LogP contribution < -0.4 is 9.47 Å². The molecule has 112 valence electrons. The number of carbonyl (C=O) groups excluding carboxylic acids is 1. The molecule has 22 heavy (non-hydrogen) atoms. The van der Waals surface area contributed by atoms with Gasteiger partial charge in [-0.05, 0) is 13.0 Å². The molecule has 0 atom stereocenters. The number of rotatable bonds is 5. The first-order chi connectivity index (χ1) is 10.7. The van der Waals surface area contributed by atoms with Gasteiger partial charge in [0.1, 0.15) is 18.2 Å². The number of aldehydes is 1. The van der Waals surface area contributed by atoms with E-state index in [0.717, 1.165) is 17.0 Å². The molecule has 0 aliphatic rings. The van der Waals surface area contributed by atoms with Crippen molar-refractivity contribution in [1.29, 1.82) is 0 Å². The Morgan fingerprint density at radius 3 is 3.00 bits per heavy atom. The van der Waals surface area contributed by atoms with Crippen LogP contribution in [0.15, 0.2) is 30.6 Å². The summed E-state index contributed by atoms with van der Waals surface area (Å²) in [6, 6.07) is 5.33. The number of aryl methyl sites for hydroxylation is 1. The molecule has 0 aromatic carbocycles. The highest BCUT2D eigenvalue weighted by Gasteiger charge is 2.10. The summed E-state index contributed by atoms with van der Waals surface area (Å²) in [5.41, 5.74) is 1.99. The monoisotopic (exact) mass is 298 g/mol. The van der Waals surface area contributed by atoms with E-state index >= 15 is 0 Å². The fourth-order valence-electron chi connectivity index (χ4n) is 2.12. The molecule has 0 amide bonds. The van der Waals surface area contributed by atoms with Crippen LogP contribution in [0.4, 0.5) is 0 Å². The number of nitrogens with zero attached hydrogens (tertiary/aromatic N) is 4. The summed E-state index contributed by atoms with van der Waals surface area (Å²) in [4.78, 5) is 15.2. The zero-order valence-corrected chi connectivity index (χ0v) is 12.2. The molecule has 0 unspecified atom stereocenters. The zero-order chi connectivity index (χ0) is 15.5. The van der Waals surface area contributed by atoms with Crippen molar-refractivity contribution in [3.8, 4) is 11.6 Å². The molecule has 0 bridgehead atoms. The molecule has 0 N–H and O–H groups in total. The molecular weight excluding hydrogens is 284 g/mol. The minimum Gasteiger partial charge on any atom is -0.486 e. The van der Waals surface area contributed by atoms with Crippen molar-refractivity contribution in [2.45, 2.75) is 13.5 Å². The zero-order valence-electron chi connectivity index (χ0n) is 12.2. The minimum absolute atomic E-state index is 0.261. The lowest BCUT2D eigenvalue weighted by Crippen LogP contribution is -2.02. The van der Waals surface area contributed by atoms with Crippen molar-refractivity contribution in [3.05, 3.63) is 47.5 Å². The first-order valence-corrected chi connectivity index (χ1v) is 6.64. The first-order valence-electron chi connectivity index (χ1n) is 6.64. The van der Waals surface area contributed by atoms with E-state index in [2.05, 4.69) is 15.2 Å². The third-order valence-electron chi connectivity index (χ3n) is 3.28. The molecule has 0 saturated carbocycles. The van der Waals surface area contributed by atoms with Crippen LogP contribution in [0.25, 0.3) is 5.65 Å². The molecular formula is C15H14N4O3. The summed E-state index contributed by atoms with van der Waals surface area (Å²) in [5.74, 6) is 1.57. The molecule has 3 aromatic rings. The highest BCUT2D eigenvalue weighted by Crippen LogP contribution is 2.21. The van der Waals surface area contributed by atoms with Crippen molar-refractivity contribution < 1.29 is 14.3 Å². The maximum atomic E-state index is 11.1. The number of fused-ring (bicyclic) bond motifs is 1. The van der Waals surface area contributed by atoms with E-state index in [1.807, 2.05) is 29.7 Å². The van der Waals surface area contributed by atoms with E-state index in [1.54, 1.807) is 0 Å². The summed E-state index contributed by atoms with van der Waals surface area (Å²) < 4.78 is 12.6. The third-order valence-corrected chi connectivity index (χ3v) is 3.28. The normalized spacial score (nSPS) is 10.6. The van der Waals surface area contributed by atoms with Crippen LogP contribution >= 0.6 is 0 Å². The number of hydrogen-bond donors (Lipinski definition) is 0. The Labute approximate surface area is 126 Å². The van der Waals surface area contributed by atoms with E-state index in [9.17, 15) is 4.79 Å². The average molecular weight is 298 g/mol. The van der Waals surface area contributed by atoms with Crippen molar-refractivity contribution in [2.24, 2.45) is 0 Å². The first kappa shape index (κ1) is 14.0. The lowest BCUT2D eigenvalue weighted by molar-refractivity contribution is 0.111. The molecule has 0 fully saturated rings. The number of methoxy groups -OCH3 is 1. The standard InChI is InChI=1S/C15H14N4O3/c1-10-17-18-15-11(4-3-5-19(10)15)9-22-13-7-16-14(21-2)6-12(13)8-20/h3-8H,9H2,1-2H3.